The second-order valence-electron chi connectivity index (χ2n) is 3.23. The quantitative estimate of drug-likeness (QED) is 0.494. The Morgan fingerprint density at radius 1 is 0.429 bits per heavy atom. The van der Waals surface area contributed by atoms with Crippen LogP contribution in [0.25, 0.3) is 0 Å². The van der Waals surface area contributed by atoms with Gasteiger partial charge in [-0.2, -0.15) is 0 Å². The molecule has 74 valence electrons. The molecule has 1 aliphatic carbocycles. The Morgan fingerprint density at radius 3 is 1.64 bits per heavy atom. The third kappa shape index (κ3) is 6.24. The van der Waals surface area contributed by atoms with Crippen LogP contribution in [0.3, 0.4) is 0 Å². The fourth-order valence-electron chi connectivity index (χ4n) is 1.21. The van der Waals surface area contributed by atoms with Crippen LogP contribution in [-0.4, -0.2) is 0 Å². The predicted molar refractivity (Wildman–Crippen MR) is 64.2 cm³/mol. The minimum Gasteiger partial charge on any atom is -0.0879 e. The van der Waals surface area contributed by atoms with Crippen molar-refractivity contribution in [1.82, 2.24) is 0 Å². The molecule has 0 atom stereocenters. The van der Waals surface area contributed by atoms with Crippen molar-refractivity contribution in [2.24, 2.45) is 0 Å². The molecular weight excluding hydrogens is 168 g/mol. The normalized spacial score (nSPS) is 29.7. The second-order valence-corrected chi connectivity index (χ2v) is 3.23. The Balaban J connectivity index is 2.45. The van der Waals surface area contributed by atoms with E-state index in [-0.39, 0.29) is 0 Å². The standard InChI is InChI=1S/C14H18/c1-2-4-6-8-10-12-14-13-11-9-7-5-3-1/h1-4,7-11,13H,5-6,12,14H2/b3-1-,4-2-,9-7-,10-8-,13-11-. The molecule has 0 N–H and O–H groups in total. The van der Waals surface area contributed by atoms with E-state index in [0.717, 1.165) is 25.7 Å². The minimum absolute atomic E-state index is 1.02. The molecule has 0 aromatic rings. The highest BCUT2D eigenvalue weighted by atomic mass is 13.8. The van der Waals surface area contributed by atoms with Crippen molar-refractivity contribution in [1.29, 1.82) is 0 Å². The molecule has 14 heavy (non-hydrogen) atoms. The Labute approximate surface area is 87.0 Å². The van der Waals surface area contributed by atoms with E-state index in [1.165, 1.54) is 0 Å². The molecule has 0 fully saturated rings. The molecule has 0 heterocycles. The minimum atomic E-state index is 1.02. The van der Waals surface area contributed by atoms with Crippen molar-refractivity contribution < 1.29 is 0 Å². The molecule has 1 aliphatic rings. The fourth-order valence-corrected chi connectivity index (χ4v) is 1.21. The average Bonchev–Trinajstić information content (AvgIpc) is 2.22. The lowest BCUT2D eigenvalue weighted by Crippen LogP contribution is -1.66. The molecule has 0 bridgehead atoms. The number of allylic oxidation sites excluding steroid dienone is 10. The van der Waals surface area contributed by atoms with Crippen LogP contribution >= 0.6 is 0 Å². The molecule has 0 saturated carbocycles. The first-order valence-corrected chi connectivity index (χ1v) is 5.28. The third-order valence-corrected chi connectivity index (χ3v) is 1.98. The molecule has 0 aliphatic heterocycles. The van der Waals surface area contributed by atoms with E-state index >= 15 is 0 Å². The first kappa shape index (κ1) is 10.8. The maximum absolute atomic E-state index is 2.24. The van der Waals surface area contributed by atoms with Crippen molar-refractivity contribution >= 4 is 0 Å². The summed E-state index contributed by atoms with van der Waals surface area (Å²) in [5.41, 5.74) is 0. The molecule has 0 unspecified atom stereocenters. The highest BCUT2D eigenvalue weighted by Crippen LogP contribution is 1.97. The Bertz CT molecular complexity index is 262. The highest BCUT2D eigenvalue weighted by molar-refractivity contribution is 5.10. The number of hydrogen-bond acceptors (Lipinski definition) is 0. The fraction of sp³-hybridized carbons (Fsp3) is 0.286. The molecule has 0 amide bonds. The van der Waals surface area contributed by atoms with Crippen molar-refractivity contribution in [3.63, 3.8) is 0 Å². The third-order valence-electron chi connectivity index (χ3n) is 1.98. The molecule has 0 nitrogen and oxygen atoms in total. The van der Waals surface area contributed by atoms with E-state index < -0.39 is 0 Å². The van der Waals surface area contributed by atoms with Gasteiger partial charge in [0, 0.05) is 0 Å². The Kier molecular flexibility index (Phi) is 6.39. The van der Waals surface area contributed by atoms with Gasteiger partial charge in [0.15, 0.2) is 0 Å². The topological polar surface area (TPSA) is 0 Å². The van der Waals surface area contributed by atoms with Crippen LogP contribution in [0.1, 0.15) is 25.7 Å². The maximum atomic E-state index is 2.24. The lowest BCUT2D eigenvalue weighted by Gasteiger charge is -1.87. The van der Waals surface area contributed by atoms with Crippen LogP contribution in [0.2, 0.25) is 0 Å². The van der Waals surface area contributed by atoms with Crippen LogP contribution in [0.15, 0.2) is 60.8 Å². The summed E-state index contributed by atoms with van der Waals surface area (Å²) in [7, 11) is 0. The van der Waals surface area contributed by atoms with Gasteiger partial charge in [0.05, 0.1) is 0 Å². The van der Waals surface area contributed by atoms with Crippen LogP contribution in [0, 0.1) is 0 Å². The van der Waals surface area contributed by atoms with E-state index in [1.54, 1.807) is 0 Å². The van der Waals surface area contributed by atoms with E-state index in [2.05, 4.69) is 60.8 Å². The molecule has 1 rings (SSSR count). The zero-order valence-electron chi connectivity index (χ0n) is 8.60. The van der Waals surface area contributed by atoms with Gasteiger partial charge in [0.25, 0.3) is 0 Å². The van der Waals surface area contributed by atoms with Crippen molar-refractivity contribution in [2.45, 2.75) is 25.7 Å². The lowest BCUT2D eigenvalue weighted by molar-refractivity contribution is 1.04. The first-order valence-electron chi connectivity index (χ1n) is 5.28. The van der Waals surface area contributed by atoms with Crippen LogP contribution in [0.5, 0.6) is 0 Å². The van der Waals surface area contributed by atoms with Gasteiger partial charge in [-0.25, -0.2) is 0 Å². The molecule has 0 heteroatoms. The van der Waals surface area contributed by atoms with Crippen molar-refractivity contribution in [3.8, 4) is 0 Å². The largest absolute Gasteiger partial charge is 0.0879 e. The van der Waals surface area contributed by atoms with E-state index in [0.29, 0.717) is 0 Å². The summed E-state index contributed by atoms with van der Waals surface area (Å²) < 4.78 is 0. The monoisotopic (exact) mass is 186 g/mol. The van der Waals surface area contributed by atoms with Crippen LogP contribution in [-0.2, 0) is 0 Å². The predicted octanol–water partition coefficient (Wildman–Crippen LogP) is 4.34. The first-order chi connectivity index (χ1) is 7.00. The van der Waals surface area contributed by atoms with Crippen molar-refractivity contribution in [3.05, 3.63) is 60.8 Å². The molecule has 0 radical (unpaired) electrons. The van der Waals surface area contributed by atoms with Gasteiger partial charge in [-0.15, -0.1) is 0 Å². The molecule has 0 aromatic heterocycles. The molecular formula is C14H18. The zero-order valence-corrected chi connectivity index (χ0v) is 8.60. The van der Waals surface area contributed by atoms with E-state index in [9.17, 15) is 0 Å². The van der Waals surface area contributed by atoms with Gasteiger partial charge in [-0.05, 0) is 25.7 Å². The van der Waals surface area contributed by atoms with Gasteiger partial charge in [-0.1, -0.05) is 60.8 Å². The summed E-state index contributed by atoms with van der Waals surface area (Å²) in [6.07, 6.45) is 26.0. The van der Waals surface area contributed by atoms with Gasteiger partial charge in [0.2, 0.25) is 0 Å². The highest BCUT2D eigenvalue weighted by Gasteiger charge is 1.76. The number of hydrogen-bond donors (Lipinski definition) is 0. The van der Waals surface area contributed by atoms with Crippen LogP contribution in [0.4, 0.5) is 0 Å². The van der Waals surface area contributed by atoms with Gasteiger partial charge in [0.1, 0.15) is 0 Å². The average molecular weight is 186 g/mol. The number of rotatable bonds is 0. The summed E-state index contributed by atoms with van der Waals surface area (Å²) in [6.45, 7) is 0. The second kappa shape index (κ2) is 8.31. The summed E-state index contributed by atoms with van der Waals surface area (Å²) in [5, 5.41) is 0. The Morgan fingerprint density at radius 2 is 0.929 bits per heavy atom. The SMILES string of the molecule is C1=C\C/C=C\C=C/CC/C=C\C\C=C/1. The Hall–Kier alpha value is -1.30. The van der Waals surface area contributed by atoms with Crippen molar-refractivity contribution in [2.75, 3.05) is 0 Å². The van der Waals surface area contributed by atoms with Crippen LogP contribution < -0.4 is 0 Å². The lowest BCUT2D eigenvalue weighted by atomic mass is 10.2. The summed E-state index contributed by atoms with van der Waals surface area (Å²) >= 11 is 0. The van der Waals surface area contributed by atoms with E-state index in [4.69, 9.17) is 0 Å². The molecule has 0 spiro atoms. The molecule has 0 aromatic carbocycles. The maximum Gasteiger partial charge on any atom is -0.0163 e. The summed E-state index contributed by atoms with van der Waals surface area (Å²) in [5.74, 6) is 0. The van der Waals surface area contributed by atoms with Gasteiger partial charge < -0.3 is 0 Å². The summed E-state index contributed by atoms with van der Waals surface area (Å²) in [6, 6.07) is 0. The summed E-state index contributed by atoms with van der Waals surface area (Å²) in [4.78, 5) is 0. The van der Waals surface area contributed by atoms with Gasteiger partial charge in [-0.3, -0.25) is 0 Å². The van der Waals surface area contributed by atoms with Gasteiger partial charge >= 0.3 is 0 Å². The molecule has 0 saturated heterocycles. The van der Waals surface area contributed by atoms with E-state index in [1.807, 2.05) is 0 Å². The zero-order chi connectivity index (χ0) is 9.90. The smallest absolute Gasteiger partial charge is 0.0163 e.